The Balaban J connectivity index is 1.56. The molecule has 3 unspecified atom stereocenters. The van der Waals surface area contributed by atoms with E-state index in [1.807, 2.05) is 0 Å². The predicted molar refractivity (Wildman–Crippen MR) is 82.2 cm³/mol. The Bertz CT molecular complexity index is 615. The second kappa shape index (κ2) is 4.95. The maximum absolute atomic E-state index is 14.1. The average Bonchev–Trinajstić information content (AvgIpc) is 2.82. The summed E-state index contributed by atoms with van der Waals surface area (Å²) >= 11 is 0. The number of ether oxygens (including phenoxy) is 1. The Hall–Kier alpha value is -1.62. The number of carbonyl (C=O) groups is 1. The summed E-state index contributed by atoms with van der Waals surface area (Å²) in [4.78, 5) is 11.2. The molecule has 3 atom stereocenters. The molecule has 5 heteroatoms. The molecule has 118 valence electrons. The van der Waals surface area contributed by atoms with Gasteiger partial charge >= 0.3 is 0 Å². The first-order chi connectivity index (χ1) is 10.6. The van der Waals surface area contributed by atoms with E-state index in [0.717, 1.165) is 13.0 Å². The molecule has 1 heterocycles. The fraction of sp³-hybridized carbons (Fsp3) is 0.588. The third-order valence-corrected chi connectivity index (χ3v) is 5.63. The summed E-state index contributed by atoms with van der Waals surface area (Å²) in [6.07, 6.45) is 4.98. The van der Waals surface area contributed by atoms with Crippen LogP contribution in [0, 0.1) is 17.2 Å². The van der Waals surface area contributed by atoms with Crippen LogP contribution in [0.15, 0.2) is 18.2 Å². The van der Waals surface area contributed by atoms with E-state index in [4.69, 9.17) is 4.74 Å². The second-order valence-electron chi connectivity index (χ2n) is 6.83. The number of carbonyl (C=O) groups excluding carboxylic acids is 1. The van der Waals surface area contributed by atoms with E-state index >= 15 is 0 Å². The second-order valence-corrected chi connectivity index (χ2v) is 6.83. The van der Waals surface area contributed by atoms with Gasteiger partial charge in [-0.3, -0.25) is 4.79 Å². The summed E-state index contributed by atoms with van der Waals surface area (Å²) in [7, 11) is 0. The molecule has 1 saturated heterocycles. The van der Waals surface area contributed by atoms with Gasteiger partial charge in [-0.25, -0.2) is 4.39 Å². The molecule has 1 aliphatic heterocycles. The van der Waals surface area contributed by atoms with Crippen LogP contribution in [0.25, 0.3) is 0 Å². The lowest BCUT2D eigenvalue weighted by atomic mass is 9.46. The molecular weight excluding hydrogens is 283 g/mol. The van der Waals surface area contributed by atoms with Crippen molar-refractivity contribution >= 4 is 17.3 Å². The van der Waals surface area contributed by atoms with E-state index in [9.17, 15) is 9.18 Å². The molecule has 0 radical (unpaired) electrons. The Kier molecular flexibility index (Phi) is 3.15. The fourth-order valence-corrected chi connectivity index (χ4v) is 4.54. The molecule has 2 N–H and O–H groups in total. The largest absolute Gasteiger partial charge is 0.379 e. The first kappa shape index (κ1) is 14.0. The molecule has 4 rings (SSSR count). The molecule has 2 saturated carbocycles. The Morgan fingerprint density at radius 1 is 1.41 bits per heavy atom. The molecule has 0 aromatic heterocycles. The van der Waals surface area contributed by atoms with E-state index in [-0.39, 0.29) is 23.2 Å². The minimum absolute atomic E-state index is 0.152. The third kappa shape index (κ3) is 1.95. The van der Waals surface area contributed by atoms with E-state index in [2.05, 4.69) is 10.6 Å². The van der Waals surface area contributed by atoms with Gasteiger partial charge in [-0.1, -0.05) is 6.42 Å². The first-order valence-electron chi connectivity index (χ1n) is 8.05. The number of amides is 1. The molecule has 22 heavy (non-hydrogen) atoms. The van der Waals surface area contributed by atoms with Crippen molar-refractivity contribution in [2.24, 2.45) is 11.3 Å². The predicted octanol–water partition coefficient (Wildman–Crippen LogP) is 3.15. The number of rotatable bonds is 3. The van der Waals surface area contributed by atoms with Gasteiger partial charge in [0, 0.05) is 36.6 Å². The summed E-state index contributed by atoms with van der Waals surface area (Å²) < 4.78 is 20.0. The minimum Gasteiger partial charge on any atom is -0.379 e. The van der Waals surface area contributed by atoms with Gasteiger partial charge in [0.05, 0.1) is 11.8 Å². The van der Waals surface area contributed by atoms with Gasteiger partial charge in [0.1, 0.15) is 5.82 Å². The van der Waals surface area contributed by atoms with Crippen LogP contribution in [0.4, 0.5) is 15.8 Å². The van der Waals surface area contributed by atoms with Crippen molar-refractivity contribution in [1.29, 1.82) is 0 Å². The number of halogens is 1. The highest BCUT2D eigenvalue weighted by atomic mass is 19.1. The van der Waals surface area contributed by atoms with E-state index < -0.39 is 0 Å². The lowest BCUT2D eigenvalue weighted by Gasteiger charge is -2.63. The normalized spacial score (nSPS) is 31.1. The van der Waals surface area contributed by atoms with Gasteiger partial charge in [-0.2, -0.15) is 0 Å². The molecule has 3 aliphatic rings. The molecule has 1 aromatic carbocycles. The molecule has 4 nitrogen and oxygen atoms in total. The van der Waals surface area contributed by atoms with Crippen molar-refractivity contribution in [2.45, 2.75) is 44.8 Å². The van der Waals surface area contributed by atoms with Gasteiger partial charge in [0.2, 0.25) is 5.91 Å². The Morgan fingerprint density at radius 2 is 2.23 bits per heavy atom. The number of anilines is 2. The summed E-state index contributed by atoms with van der Waals surface area (Å²) in [6.45, 7) is 2.27. The van der Waals surface area contributed by atoms with Gasteiger partial charge in [-0.05, 0) is 37.5 Å². The zero-order valence-electron chi connectivity index (χ0n) is 12.7. The van der Waals surface area contributed by atoms with Crippen molar-refractivity contribution in [2.75, 3.05) is 17.2 Å². The van der Waals surface area contributed by atoms with Crippen LogP contribution in [-0.4, -0.2) is 24.7 Å². The highest BCUT2D eigenvalue weighted by Crippen LogP contribution is 2.63. The third-order valence-electron chi connectivity index (χ3n) is 5.63. The zero-order chi connectivity index (χ0) is 15.3. The van der Waals surface area contributed by atoms with Crippen LogP contribution in [0.3, 0.4) is 0 Å². The van der Waals surface area contributed by atoms with E-state index in [1.165, 1.54) is 32.3 Å². The SMILES string of the molecule is CC(=O)Nc1ccc(F)c(NC2C3CCOC3C23CCC3)c1. The zero-order valence-corrected chi connectivity index (χ0v) is 12.7. The van der Waals surface area contributed by atoms with Crippen LogP contribution in [0.1, 0.15) is 32.6 Å². The minimum atomic E-state index is -0.272. The monoisotopic (exact) mass is 304 g/mol. The molecule has 2 aliphatic carbocycles. The number of hydrogen-bond donors (Lipinski definition) is 2. The van der Waals surface area contributed by atoms with E-state index in [1.54, 1.807) is 12.1 Å². The summed E-state index contributed by atoms with van der Waals surface area (Å²) in [6, 6.07) is 4.97. The smallest absolute Gasteiger partial charge is 0.221 e. The van der Waals surface area contributed by atoms with Crippen LogP contribution < -0.4 is 10.6 Å². The van der Waals surface area contributed by atoms with Gasteiger partial charge in [0.15, 0.2) is 0 Å². The van der Waals surface area contributed by atoms with Gasteiger partial charge < -0.3 is 15.4 Å². The highest BCUT2D eigenvalue weighted by Gasteiger charge is 2.66. The summed E-state index contributed by atoms with van der Waals surface area (Å²) in [5, 5.41) is 6.12. The molecule has 1 spiro atoms. The molecule has 1 amide bonds. The topological polar surface area (TPSA) is 50.4 Å². The first-order valence-corrected chi connectivity index (χ1v) is 8.05. The van der Waals surface area contributed by atoms with Crippen molar-refractivity contribution in [3.8, 4) is 0 Å². The quantitative estimate of drug-likeness (QED) is 0.902. The van der Waals surface area contributed by atoms with Crippen LogP contribution in [-0.2, 0) is 9.53 Å². The van der Waals surface area contributed by atoms with Crippen LogP contribution in [0.2, 0.25) is 0 Å². The van der Waals surface area contributed by atoms with Crippen LogP contribution >= 0.6 is 0 Å². The molecular formula is C17H21FN2O2. The molecule has 3 fully saturated rings. The Labute approximate surface area is 129 Å². The lowest BCUT2D eigenvalue weighted by molar-refractivity contribution is -0.158. The number of hydrogen-bond acceptors (Lipinski definition) is 3. The van der Waals surface area contributed by atoms with Crippen LogP contribution in [0.5, 0.6) is 0 Å². The van der Waals surface area contributed by atoms with Crippen molar-refractivity contribution < 1.29 is 13.9 Å². The van der Waals surface area contributed by atoms with Crippen molar-refractivity contribution in [3.63, 3.8) is 0 Å². The van der Waals surface area contributed by atoms with Gasteiger partial charge in [0.25, 0.3) is 0 Å². The van der Waals surface area contributed by atoms with Crippen molar-refractivity contribution in [3.05, 3.63) is 24.0 Å². The maximum atomic E-state index is 14.1. The maximum Gasteiger partial charge on any atom is 0.221 e. The average molecular weight is 304 g/mol. The van der Waals surface area contributed by atoms with Gasteiger partial charge in [-0.15, -0.1) is 0 Å². The number of benzene rings is 1. The fourth-order valence-electron chi connectivity index (χ4n) is 4.54. The summed E-state index contributed by atoms with van der Waals surface area (Å²) in [5.41, 5.74) is 1.31. The highest BCUT2D eigenvalue weighted by molar-refractivity contribution is 5.89. The standard InChI is InChI=1S/C17H21FN2O2/c1-10(21)19-11-3-4-13(18)14(9-11)20-15-12-5-8-22-16(12)17(15)6-2-7-17/h3-4,9,12,15-16,20H,2,5-8H2,1H3,(H,19,21). The number of fused-ring (bicyclic) bond motifs is 2. The number of nitrogens with one attached hydrogen (secondary N) is 2. The molecule has 1 aromatic rings. The Morgan fingerprint density at radius 3 is 2.91 bits per heavy atom. The van der Waals surface area contributed by atoms with Crippen molar-refractivity contribution in [1.82, 2.24) is 0 Å². The lowest BCUT2D eigenvalue weighted by Crippen LogP contribution is -2.68. The molecule has 0 bridgehead atoms. The van der Waals surface area contributed by atoms with E-state index in [0.29, 0.717) is 23.4 Å². The summed E-state index contributed by atoms with van der Waals surface area (Å²) in [5.74, 6) is 0.0657.